The number of likely N-dealkylation sites (tertiary alicyclic amines) is 1. The van der Waals surface area contributed by atoms with Gasteiger partial charge in [0.15, 0.2) is 0 Å². The van der Waals surface area contributed by atoms with Gasteiger partial charge in [-0.25, -0.2) is 0 Å². The predicted molar refractivity (Wildman–Crippen MR) is 99.4 cm³/mol. The van der Waals surface area contributed by atoms with Gasteiger partial charge in [0.05, 0.1) is 0 Å². The van der Waals surface area contributed by atoms with Gasteiger partial charge >= 0.3 is 0 Å². The van der Waals surface area contributed by atoms with Crippen LogP contribution >= 0.6 is 0 Å². The molecule has 4 heteroatoms. The average molecular weight is 340 g/mol. The van der Waals surface area contributed by atoms with E-state index in [1.54, 1.807) is 0 Å². The highest BCUT2D eigenvalue weighted by Gasteiger charge is 2.37. The number of nitrogens with zero attached hydrogens (tertiary/aromatic N) is 1. The molecule has 2 aliphatic rings. The molecule has 25 heavy (non-hydrogen) atoms. The fourth-order valence-corrected chi connectivity index (χ4v) is 4.21. The summed E-state index contributed by atoms with van der Waals surface area (Å²) in [6.45, 7) is 5.80. The van der Waals surface area contributed by atoms with Crippen molar-refractivity contribution >= 4 is 11.8 Å². The first kappa shape index (κ1) is 17.7. The zero-order valence-electron chi connectivity index (χ0n) is 14.9. The number of rotatable bonds is 5. The van der Waals surface area contributed by atoms with Crippen LogP contribution in [0.3, 0.4) is 0 Å². The SMILES string of the molecule is C=CC(=O)NCCc1ccc(C(=O)N2CCC3(CCCC3)CC2)cc1. The second-order valence-corrected chi connectivity index (χ2v) is 7.44. The Morgan fingerprint density at radius 1 is 1.08 bits per heavy atom. The number of piperidine rings is 1. The van der Waals surface area contributed by atoms with Crippen molar-refractivity contribution in [2.45, 2.75) is 44.9 Å². The largest absolute Gasteiger partial charge is 0.352 e. The second kappa shape index (κ2) is 7.85. The highest BCUT2D eigenvalue weighted by atomic mass is 16.2. The predicted octanol–water partition coefficient (Wildman–Crippen LogP) is 3.33. The number of hydrogen-bond acceptors (Lipinski definition) is 2. The molecule has 0 radical (unpaired) electrons. The molecule has 0 aromatic heterocycles. The standard InChI is InChI=1S/C21H28N2O2/c1-2-19(24)22-14-9-17-5-7-18(8-6-17)20(25)23-15-12-21(13-16-23)10-3-4-11-21/h2,5-8H,1,3-4,9-16H2,(H,22,24). The Labute approximate surface area is 150 Å². The van der Waals surface area contributed by atoms with Crippen LogP contribution in [0.15, 0.2) is 36.9 Å². The third-order valence-electron chi connectivity index (χ3n) is 5.87. The topological polar surface area (TPSA) is 49.4 Å². The van der Waals surface area contributed by atoms with Gasteiger partial charge in [0, 0.05) is 25.2 Å². The van der Waals surface area contributed by atoms with Gasteiger partial charge in [-0.05, 0) is 61.3 Å². The van der Waals surface area contributed by atoms with Crippen LogP contribution in [0.1, 0.15) is 54.4 Å². The molecule has 1 saturated carbocycles. The monoisotopic (exact) mass is 340 g/mol. The van der Waals surface area contributed by atoms with Crippen molar-refractivity contribution in [1.82, 2.24) is 10.2 Å². The van der Waals surface area contributed by atoms with Gasteiger partial charge in [-0.15, -0.1) is 0 Å². The smallest absolute Gasteiger partial charge is 0.253 e. The summed E-state index contributed by atoms with van der Waals surface area (Å²) in [5.41, 5.74) is 2.42. The van der Waals surface area contributed by atoms with Crippen molar-refractivity contribution in [3.63, 3.8) is 0 Å². The van der Waals surface area contributed by atoms with Crippen molar-refractivity contribution in [2.24, 2.45) is 5.41 Å². The van der Waals surface area contributed by atoms with Crippen LogP contribution in [0.5, 0.6) is 0 Å². The van der Waals surface area contributed by atoms with Crippen LogP contribution in [0.2, 0.25) is 0 Å². The Balaban J connectivity index is 1.51. The Morgan fingerprint density at radius 2 is 1.72 bits per heavy atom. The average Bonchev–Trinajstić information content (AvgIpc) is 3.10. The number of carbonyl (C=O) groups is 2. The number of nitrogens with one attached hydrogen (secondary N) is 1. The Morgan fingerprint density at radius 3 is 2.32 bits per heavy atom. The van der Waals surface area contributed by atoms with Crippen LogP contribution in [-0.4, -0.2) is 36.3 Å². The lowest BCUT2D eigenvalue weighted by atomic mass is 9.77. The maximum Gasteiger partial charge on any atom is 0.253 e. The molecule has 3 rings (SSSR count). The van der Waals surface area contributed by atoms with Crippen LogP contribution in [0.25, 0.3) is 0 Å². The summed E-state index contributed by atoms with van der Waals surface area (Å²) in [5, 5.41) is 2.76. The number of benzene rings is 1. The molecule has 2 amide bonds. The van der Waals surface area contributed by atoms with Gasteiger partial charge in [-0.3, -0.25) is 9.59 Å². The zero-order valence-corrected chi connectivity index (χ0v) is 14.9. The van der Waals surface area contributed by atoms with Gasteiger partial charge in [0.25, 0.3) is 5.91 Å². The van der Waals surface area contributed by atoms with E-state index in [0.717, 1.165) is 30.6 Å². The summed E-state index contributed by atoms with van der Waals surface area (Å²) in [7, 11) is 0. The van der Waals surface area contributed by atoms with E-state index in [4.69, 9.17) is 0 Å². The molecule has 1 aromatic carbocycles. The van der Waals surface area contributed by atoms with Crippen molar-refractivity contribution in [1.29, 1.82) is 0 Å². The lowest BCUT2D eigenvalue weighted by molar-refractivity contribution is -0.116. The summed E-state index contributed by atoms with van der Waals surface area (Å²) < 4.78 is 0. The third kappa shape index (κ3) is 4.30. The fraction of sp³-hybridized carbons (Fsp3) is 0.524. The quantitative estimate of drug-likeness (QED) is 0.836. The molecule has 1 N–H and O–H groups in total. The molecule has 2 fully saturated rings. The summed E-state index contributed by atoms with van der Waals surface area (Å²) in [6, 6.07) is 7.78. The maximum absolute atomic E-state index is 12.7. The first-order chi connectivity index (χ1) is 12.1. The Kier molecular flexibility index (Phi) is 5.57. The molecule has 134 valence electrons. The minimum atomic E-state index is -0.156. The van der Waals surface area contributed by atoms with E-state index >= 15 is 0 Å². The Hall–Kier alpha value is -2.10. The highest BCUT2D eigenvalue weighted by molar-refractivity contribution is 5.94. The lowest BCUT2D eigenvalue weighted by Gasteiger charge is -2.39. The van der Waals surface area contributed by atoms with E-state index in [1.165, 1.54) is 44.6 Å². The number of amides is 2. The van der Waals surface area contributed by atoms with Gasteiger partial charge in [-0.2, -0.15) is 0 Å². The first-order valence-corrected chi connectivity index (χ1v) is 9.40. The van der Waals surface area contributed by atoms with Crippen molar-refractivity contribution < 1.29 is 9.59 Å². The first-order valence-electron chi connectivity index (χ1n) is 9.40. The molecule has 4 nitrogen and oxygen atoms in total. The fourth-order valence-electron chi connectivity index (χ4n) is 4.21. The third-order valence-corrected chi connectivity index (χ3v) is 5.87. The minimum absolute atomic E-state index is 0.152. The van der Waals surface area contributed by atoms with Gasteiger partial charge in [0.2, 0.25) is 5.91 Å². The van der Waals surface area contributed by atoms with Crippen LogP contribution in [0.4, 0.5) is 0 Å². The van der Waals surface area contributed by atoms with Crippen LogP contribution in [-0.2, 0) is 11.2 Å². The molecule has 0 unspecified atom stereocenters. The van der Waals surface area contributed by atoms with Crippen LogP contribution in [0, 0.1) is 5.41 Å². The summed E-state index contributed by atoms with van der Waals surface area (Å²) in [4.78, 5) is 25.9. The summed E-state index contributed by atoms with van der Waals surface area (Å²) in [5.74, 6) is -0.00344. The molecule has 1 saturated heterocycles. The van der Waals surface area contributed by atoms with Gasteiger partial charge < -0.3 is 10.2 Å². The van der Waals surface area contributed by atoms with E-state index in [9.17, 15) is 9.59 Å². The summed E-state index contributed by atoms with van der Waals surface area (Å²) >= 11 is 0. The Bertz CT molecular complexity index is 620. The molecule has 0 atom stereocenters. The van der Waals surface area contributed by atoms with E-state index in [2.05, 4.69) is 11.9 Å². The van der Waals surface area contributed by atoms with E-state index in [0.29, 0.717) is 12.0 Å². The molecule has 0 bridgehead atoms. The lowest BCUT2D eigenvalue weighted by Crippen LogP contribution is -2.42. The van der Waals surface area contributed by atoms with E-state index in [1.807, 2.05) is 29.2 Å². The normalized spacial score (nSPS) is 19.0. The summed E-state index contributed by atoms with van der Waals surface area (Å²) in [6.07, 6.45) is 9.79. The maximum atomic E-state index is 12.7. The van der Waals surface area contributed by atoms with E-state index in [-0.39, 0.29) is 11.8 Å². The van der Waals surface area contributed by atoms with Crippen molar-refractivity contribution in [3.8, 4) is 0 Å². The molecule has 1 aromatic rings. The molecule has 1 aliphatic heterocycles. The zero-order chi connectivity index (χ0) is 17.7. The second-order valence-electron chi connectivity index (χ2n) is 7.44. The molecule has 1 aliphatic carbocycles. The molecular weight excluding hydrogens is 312 g/mol. The minimum Gasteiger partial charge on any atom is -0.352 e. The number of hydrogen-bond donors (Lipinski definition) is 1. The highest BCUT2D eigenvalue weighted by Crippen LogP contribution is 2.46. The molecule has 1 heterocycles. The van der Waals surface area contributed by atoms with Crippen molar-refractivity contribution in [2.75, 3.05) is 19.6 Å². The molecule has 1 spiro atoms. The van der Waals surface area contributed by atoms with Gasteiger partial charge in [-0.1, -0.05) is 31.6 Å². The van der Waals surface area contributed by atoms with E-state index < -0.39 is 0 Å². The van der Waals surface area contributed by atoms with Crippen LogP contribution < -0.4 is 5.32 Å². The van der Waals surface area contributed by atoms with Gasteiger partial charge in [0.1, 0.15) is 0 Å². The molecular formula is C21H28N2O2. The number of carbonyl (C=O) groups excluding carboxylic acids is 2. The van der Waals surface area contributed by atoms with Crippen molar-refractivity contribution in [3.05, 3.63) is 48.0 Å².